The molecule has 0 aromatic heterocycles. The van der Waals surface area contributed by atoms with Gasteiger partial charge >= 0.3 is 25.0 Å². The second kappa shape index (κ2) is 4.33. The van der Waals surface area contributed by atoms with Gasteiger partial charge in [0.05, 0.1) is 18.6 Å². The topological polar surface area (TPSA) is 61.4 Å². The summed E-state index contributed by atoms with van der Waals surface area (Å²) < 4.78 is 39.5. The van der Waals surface area contributed by atoms with Crippen LogP contribution in [0.5, 0.6) is 0 Å². The molecule has 1 rings (SSSR count). The van der Waals surface area contributed by atoms with Crippen LogP contribution in [0.4, 0.5) is 13.2 Å². The third-order valence-corrected chi connectivity index (χ3v) is 1.36. The van der Waals surface area contributed by atoms with Crippen molar-refractivity contribution in [3.05, 3.63) is 0 Å². The molecule has 0 aromatic carbocycles. The summed E-state index contributed by atoms with van der Waals surface area (Å²) in [7, 11) is 0. The van der Waals surface area contributed by atoms with Gasteiger partial charge in [0.1, 0.15) is 0 Å². The van der Waals surface area contributed by atoms with E-state index in [4.69, 9.17) is 0 Å². The van der Waals surface area contributed by atoms with Gasteiger partial charge < -0.3 is 14.6 Å². The van der Waals surface area contributed by atoms with Crippen molar-refractivity contribution in [1.29, 1.82) is 0 Å². The van der Waals surface area contributed by atoms with Crippen LogP contribution in [0.3, 0.4) is 0 Å². The first-order valence-electron chi connectivity index (χ1n) is 3.06. The molecule has 1 aliphatic heterocycles. The molecule has 1 N–H and O–H groups in total. The Morgan fingerprint density at radius 1 is 1.54 bits per heavy atom. The molecule has 2 atom stereocenters. The van der Waals surface area contributed by atoms with Gasteiger partial charge in [-0.25, -0.2) is 0 Å². The van der Waals surface area contributed by atoms with E-state index in [0.29, 0.717) is 0 Å². The van der Waals surface area contributed by atoms with Crippen molar-refractivity contribution < 1.29 is 46.7 Å². The van der Waals surface area contributed by atoms with Crippen molar-refractivity contribution in [2.24, 2.45) is 0 Å². The Morgan fingerprint density at radius 2 is 2.08 bits per heavy atom. The van der Waals surface area contributed by atoms with Crippen LogP contribution in [-0.4, -0.2) is 31.0 Å². The first-order valence-corrected chi connectivity index (χ1v) is 3.06. The zero-order valence-electron chi connectivity index (χ0n) is 6.72. The molecule has 0 bridgehead atoms. The molecule has 0 saturated carbocycles. The molecule has 13 heavy (non-hydrogen) atoms. The number of carboxylic acid groups (broad SMARTS) is 1. The number of carbonyl (C=O) groups excluding carboxylic acids is 1. The van der Waals surface area contributed by atoms with Crippen LogP contribution >= 0.6 is 0 Å². The van der Waals surface area contributed by atoms with Gasteiger partial charge in [0.25, 0.3) is 0 Å². The van der Waals surface area contributed by atoms with Crippen LogP contribution in [-0.2, 0) is 9.53 Å². The number of rotatable bonds is 1. The quantitative estimate of drug-likeness (QED) is 0.425. The minimum absolute atomic E-state index is 0. The van der Waals surface area contributed by atoms with Crippen LogP contribution in [0.15, 0.2) is 0 Å². The molecule has 1 heterocycles. The van der Waals surface area contributed by atoms with E-state index in [1.807, 2.05) is 0 Å². The molecule has 0 aromatic rings. The zero-order chi connectivity index (χ0) is 9.35. The fourth-order valence-electron chi connectivity index (χ4n) is 0.796. The van der Waals surface area contributed by atoms with Gasteiger partial charge in [0, 0.05) is 0 Å². The Bertz CT molecular complexity index is 198. The van der Waals surface area contributed by atoms with E-state index in [-0.39, 0.29) is 18.9 Å². The minimum atomic E-state index is -4.58. The largest absolute Gasteiger partial charge is 1.00 e. The normalized spacial score (nSPS) is 28.2. The van der Waals surface area contributed by atoms with E-state index in [0.717, 1.165) is 0 Å². The first-order chi connectivity index (χ1) is 5.41. The van der Waals surface area contributed by atoms with Crippen LogP contribution in [0.2, 0.25) is 0 Å². The molecule has 70 valence electrons. The maximum absolute atomic E-state index is 11.8. The van der Waals surface area contributed by atoms with Crippen molar-refractivity contribution in [2.75, 3.05) is 6.61 Å². The van der Waals surface area contributed by atoms with Crippen LogP contribution in [0.25, 0.3) is 0 Å². The predicted molar refractivity (Wildman–Crippen MR) is 27.7 cm³/mol. The molecule has 0 unspecified atom stereocenters. The summed E-state index contributed by atoms with van der Waals surface area (Å²) in [6, 6.07) is -1.38. The van der Waals surface area contributed by atoms with Crippen LogP contribution in [0.1, 0.15) is 0 Å². The van der Waals surface area contributed by atoms with Gasteiger partial charge in [-0.05, 0) is 0 Å². The molecule has 4 nitrogen and oxygen atoms in total. The average molecular weight is 191 g/mol. The van der Waals surface area contributed by atoms with E-state index in [9.17, 15) is 23.1 Å². The monoisotopic (exact) mass is 191 g/mol. The molecule has 0 spiro atoms. The number of hydrogen-bond acceptors (Lipinski definition) is 4. The zero-order valence-corrected chi connectivity index (χ0v) is 6.72. The molecule has 1 saturated heterocycles. The number of halogens is 3. The third kappa shape index (κ3) is 3.19. The Kier molecular flexibility index (Phi) is 4.25. The Morgan fingerprint density at radius 3 is 2.31 bits per heavy atom. The SMILES string of the molecule is O=C([O-])[C@@H]1CO[C@H](C(F)(F)F)N1.[Li+]. The maximum Gasteiger partial charge on any atom is 1.00 e. The summed E-state index contributed by atoms with van der Waals surface area (Å²) in [5.74, 6) is -1.60. The number of alkyl halides is 3. The van der Waals surface area contributed by atoms with Gasteiger partial charge in [0.15, 0.2) is 0 Å². The maximum atomic E-state index is 11.8. The number of carboxylic acids is 1. The molecule has 1 aliphatic rings. The number of nitrogens with one attached hydrogen (secondary N) is 1. The second-order valence-corrected chi connectivity index (χ2v) is 2.29. The van der Waals surface area contributed by atoms with Crippen molar-refractivity contribution in [3.8, 4) is 0 Å². The van der Waals surface area contributed by atoms with Gasteiger partial charge in [-0.15, -0.1) is 0 Å². The number of ether oxygens (including phenoxy) is 1. The second-order valence-electron chi connectivity index (χ2n) is 2.29. The number of hydrogen-bond donors (Lipinski definition) is 1. The fraction of sp³-hybridized carbons (Fsp3) is 0.800. The van der Waals surface area contributed by atoms with E-state index in [2.05, 4.69) is 4.74 Å². The van der Waals surface area contributed by atoms with Gasteiger partial charge in [-0.3, -0.25) is 5.32 Å². The molecule has 0 aliphatic carbocycles. The number of carbonyl (C=O) groups is 1. The van der Waals surface area contributed by atoms with E-state index >= 15 is 0 Å². The van der Waals surface area contributed by atoms with Crippen LogP contribution in [0, 0.1) is 0 Å². The van der Waals surface area contributed by atoms with Gasteiger partial charge in [-0.1, -0.05) is 0 Å². The van der Waals surface area contributed by atoms with E-state index in [1.54, 1.807) is 5.32 Å². The average Bonchev–Trinajstić information content (AvgIpc) is 2.30. The van der Waals surface area contributed by atoms with Gasteiger partial charge in [0.2, 0.25) is 6.23 Å². The summed E-state index contributed by atoms with van der Waals surface area (Å²) in [6.45, 7) is -0.521. The molecule has 8 heteroatoms. The summed E-state index contributed by atoms with van der Waals surface area (Å²) in [4.78, 5) is 10.1. The van der Waals surface area contributed by atoms with Crippen molar-refractivity contribution >= 4 is 5.97 Å². The molecular weight excluding hydrogens is 186 g/mol. The Balaban J connectivity index is 0.00000144. The summed E-state index contributed by atoms with van der Waals surface area (Å²) >= 11 is 0. The standard InChI is InChI=1S/C5H6F3NO3.Li/c6-5(7,8)4-9-2(1-12-4)3(10)11;/h2,4,9H,1H2,(H,10,11);/q;+1/p-1/t2-,4+;/m0./s1. The van der Waals surface area contributed by atoms with Crippen LogP contribution < -0.4 is 29.3 Å². The van der Waals surface area contributed by atoms with E-state index < -0.39 is 31.0 Å². The first kappa shape index (κ1) is 12.8. The van der Waals surface area contributed by atoms with Gasteiger partial charge in [-0.2, -0.15) is 13.2 Å². The molecule has 0 radical (unpaired) electrons. The van der Waals surface area contributed by atoms with Crippen molar-refractivity contribution in [3.63, 3.8) is 0 Å². The minimum Gasteiger partial charge on any atom is -0.548 e. The molecular formula is C5H5F3LiNO3. The summed E-state index contributed by atoms with van der Waals surface area (Å²) in [6.07, 6.45) is -6.77. The van der Waals surface area contributed by atoms with Crippen molar-refractivity contribution in [2.45, 2.75) is 18.4 Å². The molecule has 1 fully saturated rings. The number of aliphatic carboxylic acids is 1. The summed E-state index contributed by atoms with van der Waals surface area (Å²) in [5, 5.41) is 11.8. The predicted octanol–water partition coefficient (Wildman–Crippen LogP) is -4.38. The smallest absolute Gasteiger partial charge is 0.548 e. The Hall–Kier alpha value is -0.223. The fourth-order valence-corrected chi connectivity index (χ4v) is 0.796. The third-order valence-electron chi connectivity index (χ3n) is 1.36. The Labute approximate surface area is 83.6 Å². The molecule has 0 amide bonds. The van der Waals surface area contributed by atoms with E-state index in [1.165, 1.54) is 0 Å². The van der Waals surface area contributed by atoms with Crippen molar-refractivity contribution in [1.82, 2.24) is 5.32 Å². The summed E-state index contributed by atoms with van der Waals surface area (Å²) in [5.41, 5.74) is 0.